The van der Waals surface area contributed by atoms with Gasteiger partial charge in [0.25, 0.3) is 5.91 Å². The zero-order valence-electron chi connectivity index (χ0n) is 14.3. The molecule has 0 spiro atoms. The lowest BCUT2D eigenvalue weighted by Crippen LogP contribution is -2.11. The van der Waals surface area contributed by atoms with Crippen LogP contribution in [0.3, 0.4) is 0 Å². The van der Waals surface area contributed by atoms with Crippen molar-refractivity contribution in [3.8, 4) is 5.75 Å². The van der Waals surface area contributed by atoms with Gasteiger partial charge in [-0.3, -0.25) is 4.79 Å². The first-order valence-electron chi connectivity index (χ1n) is 8.18. The molecule has 0 bridgehead atoms. The number of nitrogens with one attached hydrogen (secondary N) is 2. The molecule has 3 aromatic carbocycles. The summed E-state index contributed by atoms with van der Waals surface area (Å²) < 4.78 is 5.35. The van der Waals surface area contributed by atoms with Crippen molar-refractivity contribution < 1.29 is 9.53 Å². The van der Waals surface area contributed by atoms with E-state index in [0.717, 1.165) is 22.7 Å². The molecule has 0 heterocycles. The number of hydrogen-bond acceptors (Lipinski definition) is 3. The van der Waals surface area contributed by atoms with Crippen molar-refractivity contribution in [2.45, 2.75) is 6.54 Å². The van der Waals surface area contributed by atoms with E-state index in [1.807, 2.05) is 48.5 Å². The van der Waals surface area contributed by atoms with Gasteiger partial charge in [0.1, 0.15) is 5.75 Å². The molecule has 5 heteroatoms. The quantitative estimate of drug-likeness (QED) is 0.629. The number of para-hydroxylation sites is 1. The first kappa shape index (κ1) is 17.8. The Kier molecular flexibility index (Phi) is 5.77. The zero-order chi connectivity index (χ0) is 18.4. The zero-order valence-corrected chi connectivity index (χ0v) is 15.1. The Morgan fingerprint density at radius 1 is 0.923 bits per heavy atom. The molecule has 4 nitrogen and oxygen atoms in total. The molecule has 2 N–H and O–H groups in total. The monoisotopic (exact) mass is 366 g/mol. The summed E-state index contributed by atoms with van der Waals surface area (Å²) in [5.41, 5.74) is 3.33. The summed E-state index contributed by atoms with van der Waals surface area (Å²) in [5, 5.41) is 6.82. The minimum atomic E-state index is -0.170. The van der Waals surface area contributed by atoms with Gasteiger partial charge in [-0.05, 0) is 54.6 Å². The van der Waals surface area contributed by atoms with Gasteiger partial charge in [0.2, 0.25) is 0 Å². The van der Waals surface area contributed by atoms with Gasteiger partial charge in [-0.1, -0.05) is 29.8 Å². The number of halogens is 1. The van der Waals surface area contributed by atoms with E-state index >= 15 is 0 Å². The molecule has 0 aromatic heterocycles. The van der Waals surface area contributed by atoms with Crippen LogP contribution in [0.25, 0.3) is 0 Å². The first-order chi connectivity index (χ1) is 12.7. The minimum absolute atomic E-state index is 0.170. The summed E-state index contributed by atoms with van der Waals surface area (Å²) in [6, 6.07) is 22.2. The van der Waals surface area contributed by atoms with Crippen LogP contribution in [0.1, 0.15) is 15.9 Å². The van der Waals surface area contributed by atoms with Crippen LogP contribution in [0, 0.1) is 0 Å². The molecule has 0 aliphatic carbocycles. The molecule has 3 aromatic rings. The molecule has 3 rings (SSSR count). The lowest BCUT2D eigenvalue weighted by molar-refractivity contribution is 0.102. The summed E-state index contributed by atoms with van der Waals surface area (Å²) in [5.74, 6) is 0.684. The smallest absolute Gasteiger partial charge is 0.255 e. The van der Waals surface area contributed by atoms with Gasteiger partial charge in [-0.25, -0.2) is 0 Å². The Morgan fingerprint density at radius 3 is 2.27 bits per heavy atom. The third kappa shape index (κ3) is 4.55. The highest BCUT2D eigenvalue weighted by Gasteiger charge is 2.06. The fourth-order valence-electron chi connectivity index (χ4n) is 2.52. The summed E-state index contributed by atoms with van der Waals surface area (Å²) in [6.07, 6.45) is 0. The molecule has 0 aliphatic rings. The van der Waals surface area contributed by atoms with Gasteiger partial charge in [0.05, 0.1) is 7.11 Å². The third-order valence-corrected chi connectivity index (χ3v) is 4.18. The number of ether oxygens (including phenoxy) is 1. The van der Waals surface area contributed by atoms with E-state index in [9.17, 15) is 4.79 Å². The maximum absolute atomic E-state index is 12.2. The van der Waals surface area contributed by atoms with Gasteiger partial charge < -0.3 is 15.4 Å². The lowest BCUT2D eigenvalue weighted by Gasteiger charge is -2.11. The van der Waals surface area contributed by atoms with Gasteiger partial charge in [0.15, 0.2) is 0 Å². The number of hydrogen-bond donors (Lipinski definition) is 2. The predicted molar refractivity (Wildman–Crippen MR) is 106 cm³/mol. The lowest BCUT2D eigenvalue weighted by atomic mass is 10.2. The van der Waals surface area contributed by atoms with Crippen LogP contribution in [-0.4, -0.2) is 13.0 Å². The van der Waals surface area contributed by atoms with Crippen LogP contribution in [0.2, 0.25) is 5.02 Å². The second kappa shape index (κ2) is 8.41. The van der Waals surface area contributed by atoms with Crippen LogP contribution >= 0.6 is 11.6 Å². The summed E-state index contributed by atoms with van der Waals surface area (Å²) in [4.78, 5) is 12.2. The van der Waals surface area contributed by atoms with E-state index in [4.69, 9.17) is 16.3 Å². The molecule has 0 saturated heterocycles. The average molecular weight is 367 g/mol. The number of benzene rings is 3. The van der Waals surface area contributed by atoms with Crippen LogP contribution in [0.5, 0.6) is 5.75 Å². The molecular formula is C21H19ClN2O2. The summed E-state index contributed by atoms with van der Waals surface area (Å²) in [6.45, 7) is 0.653. The van der Waals surface area contributed by atoms with Crippen molar-refractivity contribution in [2.24, 2.45) is 0 Å². The number of rotatable bonds is 6. The Balaban J connectivity index is 1.59. The second-order valence-corrected chi connectivity index (χ2v) is 6.14. The minimum Gasteiger partial charge on any atom is -0.496 e. The van der Waals surface area contributed by atoms with Crippen LogP contribution in [0.15, 0.2) is 72.8 Å². The summed E-state index contributed by atoms with van der Waals surface area (Å²) in [7, 11) is 1.66. The van der Waals surface area contributed by atoms with E-state index in [1.165, 1.54) is 0 Å². The van der Waals surface area contributed by atoms with Crippen molar-refractivity contribution in [1.29, 1.82) is 0 Å². The molecule has 0 saturated carbocycles. The highest BCUT2D eigenvalue weighted by Crippen LogP contribution is 2.20. The Hall–Kier alpha value is -2.98. The molecule has 26 heavy (non-hydrogen) atoms. The number of carbonyl (C=O) groups is 1. The fourth-order valence-corrected chi connectivity index (χ4v) is 2.65. The molecule has 0 atom stereocenters. The Morgan fingerprint density at radius 2 is 1.58 bits per heavy atom. The number of methoxy groups -OCH3 is 1. The van der Waals surface area contributed by atoms with E-state index in [1.54, 1.807) is 31.4 Å². The van der Waals surface area contributed by atoms with Crippen LogP contribution < -0.4 is 15.4 Å². The maximum Gasteiger partial charge on any atom is 0.255 e. The Labute approximate surface area is 157 Å². The Bertz CT molecular complexity index is 877. The summed E-state index contributed by atoms with van der Waals surface area (Å²) >= 11 is 5.84. The molecule has 0 unspecified atom stereocenters. The number of amides is 1. The van der Waals surface area contributed by atoms with E-state index in [-0.39, 0.29) is 5.91 Å². The fraction of sp³-hybridized carbons (Fsp3) is 0.0952. The third-order valence-electron chi connectivity index (χ3n) is 3.92. The molecular weight excluding hydrogens is 348 g/mol. The highest BCUT2D eigenvalue weighted by molar-refractivity contribution is 6.30. The van der Waals surface area contributed by atoms with Crippen LogP contribution in [0.4, 0.5) is 11.4 Å². The molecule has 132 valence electrons. The van der Waals surface area contributed by atoms with Gasteiger partial charge in [-0.15, -0.1) is 0 Å². The van der Waals surface area contributed by atoms with Crippen molar-refractivity contribution in [2.75, 3.05) is 17.7 Å². The van der Waals surface area contributed by atoms with Crippen molar-refractivity contribution >= 4 is 28.9 Å². The normalized spacial score (nSPS) is 10.2. The van der Waals surface area contributed by atoms with Crippen molar-refractivity contribution in [3.05, 3.63) is 88.9 Å². The van der Waals surface area contributed by atoms with Crippen molar-refractivity contribution in [3.63, 3.8) is 0 Å². The number of anilines is 2. The van der Waals surface area contributed by atoms with Gasteiger partial charge in [0, 0.05) is 34.1 Å². The molecule has 0 aliphatic heterocycles. The topological polar surface area (TPSA) is 50.4 Å². The van der Waals surface area contributed by atoms with E-state index < -0.39 is 0 Å². The highest BCUT2D eigenvalue weighted by atomic mass is 35.5. The largest absolute Gasteiger partial charge is 0.496 e. The molecule has 0 fully saturated rings. The van der Waals surface area contributed by atoms with E-state index in [0.29, 0.717) is 17.1 Å². The predicted octanol–water partition coefficient (Wildman–Crippen LogP) is 5.21. The molecule has 0 radical (unpaired) electrons. The van der Waals surface area contributed by atoms with Gasteiger partial charge in [-0.2, -0.15) is 0 Å². The standard InChI is InChI=1S/C21H19ClN2O2/c1-26-20-5-3-2-4-16(20)14-23-18-10-12-19(13-11-18)24-21(25)15-6-8-17(22)9-7-15/h2-13,23H,14H2,1H3,(H,24,25). The first-order valence-corrected chi connectivity index (χ1v) is 8.56. The maximum atomic E-state index is 12.2. The SMILES string of the molecule is COc1ccccc1CNc1ccc(NC(=O)c2ccc(Cl)cc2)cc1. The molecule has 1 amide bonds. The second-order valence-electron chi connectivity index (χ2n) is 5.70. The van der Waals surface area contributed by atoms with E-state index in [2.05, 4.69) is 10.6 Å². The average Bonchev–Trinajstić information content (AvgIpc) is 2.68. The number of carbonyl (C=O) groups excluding carboxylic acids is 1. The van der Waals surface area contributed by atoms with Crippen molar-refractivity contribution in [1.82, 2.24) is 0 Å². The van der Waals surface area contributed by atoms with Crippen LogP contribution in [-0.2, 0) is 6.54 Å². The van der Waals surface area contributed by atoms with Gasteiger partial charge >= 0.3 is 0 Å².